The zero-order valence-corrected chi connectivity index (χ0v) is 11.2. The molecular weight excluding hydrogens is 228 g/mol. The van der Waals surface area contributed by atoms with Crippen LogP contribution in [-0.2, 0) is 9.59 Å². The molecule has 18 heavy (non-hydrogen) atoms. The number of unbranched alkanes of at least 4 members (excludes halogenated alkanes) is 2. The van der Waals surface area contributed by atoms with Gasteiger partial charge in [-0.1, -0.05) is 13.8 Å². The Labute approximate surface area is 109 Å². The van der Waals surface area contributed by atoms with Crippen molar-refractivity contribution in [3.05, 3.63) is 0 Å². The molecule has 4 nitrogen and oxygen atoms in total. The molecule has 0 aliphatic carbocycles. The van der Waals surface area contributed by atoms with E-state index in [-0.39, 0.29) is 23.9 Å². The Kier molecular flexibility index (Phi) is 5.70. The van der Waals surface area contributed by atoms with Crippen LogP contribution in [0, 0.1) is 12.3 Å². The van der Waals surface area contributed by atoms with Gasteiger partial charge < -0.3 is 10.2 Å². The quantitative estimate of drug-likeness (QED) is 0.570. The van der Waals surface area contributed by atoms with Gasteiger partial charge in [0.2, 0.25) is 11.8 Å². The van der Waals surface area contributed by atoms with Gasteiger partial charge in [-0.3, -0.25) is 9.59 Å². The maximum absolute atomic E-state index is 12.2. The van der Waals surface area contributed by atoms with Gasteiger partial charge in [0.05, 0.1) is 0 Å². The summed E-state index contributed by atoms with van der Waals surface area (Å²) in [6, 6.07) is -0.668. The van der Waals surface area contributed by atoms with Crippen molar-refractivity contribution in [2.24, 2.45) is 0 Å². The van der Waals surface area contributed by atoms with Crippen LogP contribution in [0.15, 0.2) is 0 Å². The maximum Gasteiger partial charge on any atom is 0.245 e. The number of carbonyl (C=O) groups excluding carboxylic acids is 2. The number of amides is 2. The first-order valence-electron chi connectivity index (χ1n) is 6.70. The Morgan fingerprint density at radius 1 is 1.28 bits per heavy atom. The average molecular weight is 250 g/mol. The first-order valence-corrected chi connectivity index (χ1v) is 6.70. The molecular formula is C14H22N2O2. The summed E-state index contributed by atoms with van der Waals surface area (Å²) in [5.74, 6) is 2.61. The number of rotatable bonds is 6. The van der Waals surface area contributed by atoms with Gasteiger partial charge in [0, 0.05) is 13.0 Å². The van der Waals surface area contributed by atoms with Crippen LogP contribution in [-0.4, -0.2) is 35.3 Å². The van der Waals surface area contributed by atoms with Crippen molar-refractivity contribution in [1.29, 1.82) is 0 Å². The van der Waals surface area contributed by atoms with Crippen LogP contribution in [0.4, 0.5) is 0 Å². The van der Waals surface area contributed by atoms with E-state index in [4.69, 9.17) is 6.42 Å². The summed E-state index contributed by atoms with van der Waals surface area (Å²) >= 11 is 0. The summed E-state index contributed by atoms with van der Waals surface area (Å²) in [5.41, 5.74) is 0. The average Bonchev–Trinajstić information content (AvgIpc) is 2.37. The van der Waals surface area contributed by atoms with Crippen LogP contribution < -0.4 is 5.32 Å². The molecule has 1 saturated heterocycles. The Bertz CT molecular complexity index is 346. The molecule has 4 heteroatoms. The van der Waals surface area contributed by atoms with Gasteiger partial charge >= 0.3 is 0 Å². The van der Waals surface area contributed by atoms with Crippen molar-refractivity contribution in [1.82, 2.24) is 10.2 Å². The molecule has 2 atom stereocenters. The number of nitrogens with zero attached hydrogens (tertiary/aromatic N) is 1. The molecule has 0 bridgehead atoms. The molecule has 1 rings (SSSR count). The van der Waals surface area contributed by atoms with E-state index < -0.39 is 0 Å². The molecule has 1 aliphatic heterocycles. The molecule has 1 aliphatic rings. The van der Waals surface area contributed by atoms with Crippen LogP contribution in [0.25, 0.3) is 0 Å². The van der Waals surface area contributed by atoms with E-state index in [9.17, 15) is 9.59 Å². The monoisotopic (exact) mass is 250 g/mol. The van der Waals surface area contributed by atoms with E-state index in [1.807, 2.05) is 13.8 Å². The normalized spacial score (nSPS) is 23.7. The van der Waals surface area contributed by atoms with Gasteiger partial charge in [-0.25, -0.2) is 0 Å². The predicted molar refractivity (Wildman–Crippen MR) is 70.7 cm³/mol. The zero-order chi connectivity index (χ0) is 13.5. The molecule has 0 aromatic carbocycles. The van der Waals surface area contributed by atoms with Crippen molar-refractivity contribution in [3.63, 3.8) is 0 Å². The smallest absolute Gasteiger partial charge is 0.245 e. The number of hydrogen-bond donors (Lipinski definition) is 1. The predicted octanol–water partition coefficient (Wildman–Crippen LogP) is 1.31. The van der Waals surface area contributed by atoms with E-state index in [0.29, 0.717) is 19.4 Å². The van der Waals surface area contributed by atoms with Gasteiger partial charge in [0.1, 0.15) is 12.1 Å². The summed E-state index contributed by atoms with van der Waals surface area (Å²) < 4.78 is 0. The fourth-order valence-corrected chi connectivity index (χ4v) is 2.28. The fraction of sp³-hybridized carbons (Fsp3) is 0.714. The Balaban J connectivity index is 2.65. The second-order valence-corrected chi connectivity index (χ2v) is 4.59. The molecule has 0 spiro atoms. The minimum atomic E-state index is -0.354. The van der Waals surface area contributed by atoms with Crippen LogP contribution in [0.1, 0.15) is 46.0 Å². The van der Waals surface area contributed by atoms with Gasteiger partial charge in [0.25, 0.3) is 0 Å². The summed E-state index contributed by atoms with van der Waals surface area (Å²) in [7, 11) is 0. The van der Waals surface area contributed by atoms with Gasteiger partial charge in [-0.05, 0) is 25.7 Å². The van der Waals surface area contributed by atoms with Crippen molar-refractivity contribution in [2.45, 2.75) is 58.0 Å². The number of terminal acetylenes is 1. The molecule has 2 unspecified atom stereocenters. The Morgan fingerprint density at radius 3 is 2.56 bits per heavy atom. The second-order valence-electron chi connectivity index (χ2n) is 4.59. The topological polar surface area (TPSA) is 49.4 Å². The maximum atomic E-state index is 12.2. The zero-order valence-electron chi connectivity index (χ0n) is 11.2. The van der Waals surface area contributed by atoms with E-state index in [1.54, 1.807) is 4.90 Å². The van der Waals surface area contributed by atoms with Crippen LogP contribution in [0.2, 0.25) is 0 Å². The van der Waals surface area contributed by atoms with E-state index >= 15 is 0 Å². The molecule has 0 aromatic rings. The van der Waals surface area contributed by atoms with Crippen molar-refractivity contribution >= 4 is 11.8 Å². The number of carbonyl (C=O) groups is 2. The lowest BCUT2D eigenvalue weighted by atomic mass is 10.0. The third kappa shape index (κ3) is 3.25. The highest BCUT2D eigenvalue weighted by atomic mass is 16.2. The first kappa shape index (κ1) is 14.6. The van der Waals surface area contributed by atoms with E-state index in [2.05, 4.69) is 11.2 Å². The van der Waals surface area contributed by atoms with E-state index in [0.717, 1.165) is 19.3 Å². The first-order chi connectivity index (χ1) is 8.65. The number of hydrogen-bond acceptors (Lipinski definition) is 2. The lowest BCUT2D eigenvalue weighted by Crippen LogP contribution is -2.63. The molecule has 1 heterocycles. The highest BCUT2D eigenvalue weighted by Gasteiger charge is 2.38. The highest BCUT2D eigenvalue weighted by molar-refractivity contribution is 5.96. The number of piperazine rings is 1. The lowest BCUT2D eigenvalue weighted by molar-refractivity contribution is -0.149. The molecule has 1 fully saturated rings. The van der Waals surface area contributed by atoms with Crippen LogP contribution >= 0.6 is 0 Å². The molecule has 0 saturated carbocycles. The van der Waals surface area contributed by atoms with E-state index in [1.165, 1.54) is 0 Å². The minimum absolute atomic E-state index is 0.0269. The third-order valence-electron chi connectivity index (χ3n) is 3.34. The number of nitrogens with one attached hydrogen (secondary N) is 1. The summed E-state index contributed by atoms with van der Waals surface area (Å²) in [5, 5.41) is 2.79. The lowest BCUT2D eigenvalue weighted by Gasteiger charge is -2.38. The third-order valence-corrected chi connectivity index (χ3v) is 3.34. The Hall–Kier alpha value is -1.50. The molecule has 0 radical (unpaired) electrons. The van der Waals surface area contributed by atoms with Crippen LogP contribution in [0.3, 0.4) is 0 Å². The highest BCUT2D eigenvalue weighted by Crippen LogP contribution is 2.15. The molecule has 2 amide bonds. The van der Waals surface area contributed by atoms with Crippen molar-refractivity contribution < 1.29 is 9.59 Å². The summed E-state index contributed by atoms with van der Waals surface area (Å²) in [6.45, 7) is 4.47. The van der Waals surface area contributed by atoms with Crippen LogP contribution in [0.5, 0.6) is 0 Å². The summed E-state index contributed by atoms with van der Waals surface area (Å²) in [4.78, 5) is 25.8. The molecule has 0 aromatic heterocycles. The van der Waals surface area contributed by atoms with Gasteiger partial charge in [0.15, 0.2) is 0 Å². The summed E-state index contributed by atoms with van der Waals surface area (Å²) in [6.07, 6.45) is 8.98. The molecule has 1 N–H and O–H groups in total. The molecule has 100 valence electrons. The standard InChI is InChI=1S/C14H22N2O2/c1-4-7-8-9-10-16-12(6-3)13(17)15-11(5-2)14(16)18/h1,11-12H,5-10H2,2-3H3,(H,15,17). The van der Waals surface area contributed by atoms with Gasteiger partial charge in [-0.2, -0.15) is 0 Å². The second kappa shape index (κ2) is 7.05. The van der Waals surface area contributed by atoms with Gasteiger partial charge in [-0.15, -0.1) is 12.3 Å². The minimum Gasteiger partial charge on any atom is -0.343 e. The SMILES string of the molecule is C#CCCCCN1C(=O)C(CC)NC(=O)C1CC. The van der Waals surface area contributed by atoms with Crippen molar-refractivity contribution in [3.8, 4) is 12.3 Å². The Morgan fingerprint density at radius 2 is 2.00 bits per heavy atom. The largest absolute Gasteiger partial charge is 0.343 e. The fourth-order valence-electron chi connectivity index (χ4n) is 2.28. The van der Waals surface area contributed by atoms with Crippen molar-refractivity contribution in [2.75, 3.05) is 6.54 Å².